The van der Waals surface area contributed by atoms with E-state index in [2.05, 4.69) is 5.32 Å². The van der Waals surface area contributed by atoms with Crippen molar-refractivity contribution >= 4 is 29.3 Å². The number of ether oxygens (including phenoxy) is 1. The molecule has 0 atom stereocenters. The number of carbonyl (C=O) groups is 2. The van der Waals surface area contributed by atoms with E-state index in [0.29, 0.717) is 11.4 Å². The molecule has 23 heavy (non-hydrogen) atoms. The van der Waals surface area contributed by atoms with Gasteiger partial charge < -0.3 is 10.1 Å². The Balaban J connectivity index is 1.63. The van der Waals surface area contributed by atoms with Gasteiger partial charge in [-0.3, -0.25) is 9.59 Å². The highest BCUT2D eigenvalue weighted by molar-refractivity contribution is 7.99. The minimum atomic E-state index is -0.368. The average molecular weight is 329 g/mol. The Bertz CT molecular complexity index is 641. The molecule has 0 bridgehead atoms. The van der Waals surface area contributed by atoms with E-state index in [-0.39, 0.29) is 24.9 Å². The zero-order valence-corrected chi connectivity index (χ0v) is 13.8. The number of hydrogen-bond acceptors (Lipinski definition) is 4. The molecule has 1 N–H and O–H groups in total. The lowest BCUT2D eigenvalue weighted by Gasteiger charge is -2.07. The number of carbonyl (C=O) groups excluding carboxylic acids is 2. The van der Waals surface area contributed by atoms with Gasteiger partial charge in [0.1, 0.15) is 0 Å². The van der Waals surface area contributed by atoms with Crippen molar-refractivity contribution in [1.82, 2.24) is 0 Å². The van der Waals surface area contributed by atoms with Crippen LogP contribution in [0.3, 0.4) is 0 Å². The molecule has 0 aliphatic carbocycles. The number of esters is 1. The van der Waals surface area contributed by atoms with Crippen LogP contribution in [0.2, 0.25) is 0 Å². The molecular weight excluding hydrogens is 310 g/mol. The smallest absolute Gasteiger partial charge is 0.307 e. The third kappa shape index (κ3) is 6.57. The summed E-state index contributed by atoms with van der Waals surface area (Å²) in [6.07, 6.45) is 0.275. The second-order valence-electron chi connectivity index (χ2n) is 4.99. The van der Waals surface area contributed by atoms with Gasteiger partial charge in [-0.05, 0) is 31.2 Å². The molecule has 5 heteroatoms. The van der Waals surface area contributed by atoms with Crippen molar-refractivity contribution in [2.75, 3.05) is 17.7 Å². The highest BCUT2D eigenvalue weighted by Crippen LogP contribution is 2.17. The molecule has 0 aliphatic rings. The molecule has 0 unspecified atom stereocenters. The van der Waals surface area contributed by atoms with Crippen molar-refractivity contribution in [3.63, 3.8) is 0 Å². The van der Waals surface area contributed by atoms with Crippen LogP contribution in [-0.2, 0) is 14.3 Å². The Labute approximate surface area is 140 Å². The summed E-state index contributed by atoms with van der Waals surface area (Å²) in [5.74, 6) is -0.0759. The average Bonchev–Trinajstić information content (AvgIpc) is 2.56. The number of amides is 1. The first-order chi connectivity index (χ1) is 11.1. The molecular formula is C18H19NO3S. The first kappa shape index (κ1) is 17.1. The molecule has 0 radical (unpaired) electrons. The predicted molar refractivity (Wildman–Crippen MR) is 92.6 cm³/mol. The molecule has 4 nitrogen and oxygen atoms in total. The summed E-state index contributed by atoms with van der Waals surface area (Å²) in [7, 11) is 0. The van der Waals surface area contributed by atoms with E-state index in [1.165, 1.54) is 0 Å². The minimum absolute atomic E-state index is 0.261. The van der Waals surface area contributed by atoms with E-state index in [4.69, 9.17) is 4.74 Å². The van der Waals surface area contributed by atoms with Crippen LogP contribution in [-0.4, -0.2) is 24.2 Å². The number of benzene rings is 2. The lowest BCUT2D eigenvalue weighted by Crippen LogP contribution is -2.21. The molecule has 0 fully saturated rings. The summed E-state index contributed by atoms with van der Waals surface area (Å²) in [5, 5.41) is 2.69. The van der Waals surface area contributed by atoms with E-state index in [1.54, 1.807) is 11.8 Å². The normalized spacial score (nSPS) is 10.1. The van der Waals surface area contributed by atoms with Crippen LogP contribution in [0.4, 0.5) is 5.69 Å². The van der Waals surface area contributed by atoms with Gasteiger partial charge in [0.15, 0.2) is 6.61 Å². The van der Waals surface area contributed by atoms with Crippen molar-refractivity contribution in [3.05, 3.63) is 60.2 Å². The Kier molecular flexibility index (Phi) is 6.69. The summed E-state index contributed by atoms with van der Waals surface area (Å²) < 4.78 is 4.97. The van der Waals surface area contributed by atoms with E-state index < -0.39 is 0 Å². The number of thioether (sulfide) groups is 1. The molecule has 120 valence electrons. The van der Waals surface area contributed by atoms with Crippen molar-refractivity contribution in [1.29, 1.82) is 0 Å². The molecule has 0 aliphatic heterocycles. The Morgan fingerprint density at radius 1 is 1.04 bits per heavy atom. The number of nitrogens with one attached hydrogen (secondary N) is 1. The van der Waals surface area contributed by atoms with Crippen LogP contribution in [0.15, 0.2) is 59.5 Å². The molecule has 0 saturated carbocycles. The van der Waals surface area contributed by atoms with Gasteiger partial charge in [0.2, 0.25) is 0 Å². The largest absolute Gasteiger partial charge is 0.456 e. The van der Waals surface area contributed by atoms with Crippen LogP contribution in [0.25, 0.3) is 0 Å². The predicted octanol–water partition coefficient (Wildman–Crippen LogP) is 3.66. The maximum absolute atomic E-state index is 11.7. The van der Waals surface area contributed by atoms with Crippen molar-refractivity contribution < 1.29 is 14.3 Å². The highest BCUT2D eigenvalue weighted by Gasteiger charge is 2.08. The van der Waals surface area contributed by atoms with Gasteiger partial charge in [0.05, 0.1) is 6.42 Å². The van der Waals surface area contributed by atoms with Crippen LogP contribution in [0.1, 0.15) is 12.0 Å². The van der Waals surface area contributed by atoms with Gasteiger partial charge >= 0.3 is 5.97 Å². The number of aryl methyl sites for hydroxylation is 1. The van der Waals surface area contributed by atoms with Crippen LogP contribution >= 0.6 is 11.8 Å². The first-order valence-corrected chi connectivity index (χ1v) is 8.32. The third-order valence-electron chi connectivity index (χ3n) is 3.02. The fourth-order valence-corrected chi connectivity index (χ4v) is 2.68. The second kappa shape index (κ2) is 9.00. The molecule has 0 heterocycles. The van der Waals surface area contributed by atoms with Gasteiger partial charge in [-0.15, -0.1) is 11.8 Å². The monoisotopic (exact) mass is 329 g/mol. The first-order valence-electron chi connectivity index (χ1n) is 7.33. The quantitative estimate of drug-likeness (QED) is 0.622. The molecule has 2 rings (SSSR count). The molecule has 1 amide bonds. The number of anilines is 1. The van der Waals surface area contributed by atoms with E-state index in [0.717, 1.165) is 10.5 Å². The van der Waals surface area contributed by atoms with Gasteiger partial charge in [0.25, 0.3) is 5.91 Å². The summed E-state index contributed by atoms with van der Waals surface area (Å²) in [5.41, 5.74) is 1.81. The SMILES string of the molecule is Cc1ccc(NC(=O)COC(=O)CCSc2ccccc2)cc1. The summed E-state index contributed by atoms with van der Waals surface area (Å²) in [6.45, 7) is 1.71. The zero-order chi connectivity index (χ0) is 16.5. The van der Waals surface area contributed by atoms with Gasteiger partial charge in [-0.2, -0.15) is 0 Å². The Morgan fingerprint density at radius 2 is 1.74 bits per heavy atom. The highest BCUT2D eigenvalue weighted by atomic mass is 32.2. The van der Waals surface area contributed by atoms with Gasteiger partial charge in [-0.1, -0.05) is 35.9 Å². The standard InChI is InChI=1S/C18H19NO3S/c1-14-7-9-15(10-8-14)19-17(20)13-22-18(21)11-12-23-16-5-3-2-4-6-16/h2-10H,11-13H2,1H3,(H,19,20). The molecule has 0 spiro atoms. The van der Waals surface area contributed by atoms with Crippen molar-refractivity contribution in [2.24, 2.45) is 0 Å². The lowest BCUT2D eigenvalue weighted by atomic mass is 10.2. The fourth-order valence-electron chi connectivity index (χ4n) is 1.82. The molecule has 0 saturated heterocycles. The van der Waals surface area contributed by atoms with E-state index in [1.807, 2.05) is 61.5 Å². The fraction of sp³-hybridized carbons (Fsp3) is 0.222. The van der Waals surface area contributed by atoms with E-state index in [9.17, 15) is 9.59 Å². The van der Waals surface area contributed by atoms with E-state index >= 15 is 0 Å². The number of rotatable bonds is 7. The number of hydrogen-bond donors (Lipinski definition) is 1. The topological polar surface area (TPSA) is 55.4 Å². The van der Waals surface area contributed by atoms with Crippen LogP contribution in [0, 0.1) is 6.92 Å². The molecule has 2 aromatic rings. The lowest BCUT2D eigenvalue weighted by molar-refractivity contribution is -0.146. The maximum atomic E-state index is 11.7. The molecule has 0 aromatic heterocycles. The van der Waals surface area contributed by atoms with Gasteiger partial charge in [0, 0.05) is 16.3 Å². The van der Waals surface area contributed by atoms with Crippen LogP contribution in [0.5, 0.6) is 0 Å². The Morgan fingerprint density at radius 3 is 2.43 bits per heavy atom. The Hall–Kier alpha value is -2.27. The zero-order valence-electron chi connectivity index (χ0n) is 13.0. The summed E-state index contributed by atoms with van der Waals surface area (Å²) in [6, 6.07) is 17.3. The maximum Gasteiger partial charge on any atom is 0.307 e. The second-order valence-corrected chi connectivity index (χ2v) is 6.15. The minimum Gasteiger partial charge on any atom is -0.456 e. The summed E-state index contributed by atoms with van der Waals surface area (Å²) >= 11 is 1.59. The van der Waals surface area contributed by atoms with Crippen molar-refractivity contribution in [3.8, 4) is 0 Å². The van der Waals surface area contributed by atoms with Crippen LogP contribution < -0.4 is 5.32 Å². The summed E-state index contributed by atoms with van der Waals surface area (Å²) in [4.78, 5) is 24.4. The third-order valence-corrected chi connectivity index (χ3v) is 4.03. The molecule has 2 aromatic carbocycles. The van der Waals surface area contributed by atoms with Crippen molar-refractivity contribution in [2.45, 2.75) is 18.2 Å². The van der Waals surface area contributed by atoms with Gasteiger partial charge in [-0.25, -0.2) is 0 Å².